The van der Waals surface area contributed by atoms with Crippen molar-refractivity contribution in [2.45, 2.75) is 58.1 Å². The largest absolute Gasteiger partial charge is 0.393 e. The molecule has 1 saturated carbocycles. The Morgan fingerprint density at radius 2 is 1.67 bits per heavy atom. The van der Waals surface area contributed by atoms with Gasteiger partial charge in [0.15, 0.2) is 0 Å². The number of amides is 1. The van der Waals surface area contributed by atoms with Gasteiger partial charge >= 0.3 is 0 Å². The number of rotatable bonds is 1. The fourth-order valence-corrected chi connectivity index (χ4v) is 1.93. The lowest BCUT2D eigenvalue weighted by Crippen LogP contribution is -2.46. The molecule has 3 heteroatoms. The van der Waals surface area contributed by atoms with Crippen LogP contribution < -0.4 is 0 Å². The Morgan fingerprint density at radius 3 is 2.07 bits per heavy atom. The van der Waals surface area contributed by atoms with Crippen molar-refractivity contribution in [2.75, 3.05) is 7.05 Å². The maximum atomic E-state index is 12.1. The van der Waals surface area contributed by atoms with Crippen molar-refractivity contribution in [3.8, 4) is 0 Å². The molecule has 0 atom stereocenters. The van der Waals surface area contributed by atoms with Crippen LogP contribution in [-0.4, -0.2) is 34.6 Å². The monoisotopic (exact) mass is 213 g/mol. The molecule has 88 valence electrons. The van der Waals surface area contributed by atoms with Crippen molar-refractivity contribution in [1.29, 1.82) is 0 Å². The van der Waals surface area contributed by atoms with Gasteiger partial charge in [-0.25, -0.2) is 0 Å². The number of carbonyl (C=O) groups is 1. The molecule has 1 fully saturated rings. The van der Waals surface area contributed by atoms with Crippen LogP contribution >= 0.6 is 0 Å². The maximum Gasteiger partial charge on any atom is 0.225 e. The number of aliphatic hydroxyl groups is 1. The predicted molar refractivity (Wildman–Crippen MR) is 60.5 cm³/mol. The van der Waals surface area contributed by atoms with E-state index >= 15 is 0 Å². The highest BCUT2D eigenvalue weighted by atomic mass is 16.3. The summed E-state index contributed by atoms with van der Waals surface area (Å²) in [4.78, 5) is 13.9. The normalized spacial score (nSPS) is 27.5. The molecule has 1 aliphatic rings. The van der Waals surface area contributed by atoms with E-state index in [0.717, 1.165) is 25.7 Å². The molecule has 1 N–H and O–H groups in total. The standard InChI is InChI=1S/C12H23NO2/c1-12(2,3)13(4)11(15)9-5-7-10(14)8-6-9/h9-10,14H,5-8H2,1-4H3. The van der Waals surface area contributed by atoms with Crippen LogP contribution in [0.15, 0.2) is 0 Å². The Kier molecular flexibility index (Phi) is 3.77. The molecule has 0 aromatic heterocycles. The highest BCUT2D eigenvalue weighted by molar-refractivity contribution is 5.79. The van der Waals surface area contributed by atoms with E-state index in [1.54, 1.807) is 0 Å². The summed E-state index contributed by atoms with van der Waals surface area (Å²) < 4.78 is 0. The van der Waals surface area contributed by atoms with E-state index in [0.29, 0.717) is 0 Å². The molecule has 0 heterocycles. The fraction of sp³-hybridized carbons (Fsp3) is 0.917. The third-order valence-corrected chi connectivity index (χ3v) is 3.38. The Hall–Kier alpha value is -0.570. The van der Waals surface area contributed by atoms with Crippen molar-refractivity contribution in [3.05, 3.63) is 0 Å². The summed E-state index contributed by atoms with van der Waals surface area (Å²) in [5, 5.41) is 9.38. The molecule has 0 aromatic rings. The van der Waals surface area contributed by atoms with E-state index in [2.05, 4.69) is 0 Å². The van der Waals surface area contributed by atoms with Gasteiger partial charge in [-0.1, -0.05) is 0 Å². The number of hydrogen-bond donors (Lipinski definition) is 1. The zero-order chi connectivity index (χ0) is 11.6. The van der Waals surface area contributed by atoms with Crippen molar-refractivity contribution >= 4 is 5.91 Å². The molecule has 0 unspecified atom stereocenters. The lowest BCUT2D eigenvalue weighted by Gasteiger charge is -2.36. The number of nitrogens with zero attached hydrogens (tertiary/aromatic N) is 1. The van der Waals surface area contributed by atoms with Gasteiger partial charge in [0.25, 0.3) is 0 Å². The van der Waals surface area contributed by atoms with E-state index < -0.39 is 0 Å². The van der Waals surface area contributed by atoms with Crippen LogP contribution in [0.3, 0.4) is 0 Å². The Morgan fingerprint density at radius 1 is 1.20 bits per heavy atom. The molecule has 0 bridgehead atoms. The average Bonchev–Trinajstić information content (AvgIpc) is 2.15. The highest BCUT2D eigenvalue weighted by Crippen LogP contribution is 2.27. The minimum Gasteiger partial charge on any atom is -0.393 e. The van der Waals surface area contributed by atoms with Gasteiger partial charge in [-0.15, -0.1) is 0 Å². The SMILES string of the molecule is CN(C(=O)C1CCC(O)CC1)C(C)(C)C. The fourth-order valence-electron chi connectivity index (χ4n) is 1.93. The smallest absolute Gasteiger partial charge is 0.225 e. The minimum absolute atomic E-state index is 0.104. The lowest BCUT2D eigenvalue weighted by atomic mass is 9.86. The van der Waals surface area contributed by atoms with Gasteiger partial charge in [-0.3, -0.25) is 4.79 Å². The second-order valence-electron chi connectivity index (χ2n) is 5.57. The van der Waals surface area contributed by atoms with Gasteiger partial charge in [0.1, 0.15) is 0 Å². The summed E-state index contributed by atoms with van der Waals surface area (Å²) >= 11 is 0. The van der Waals surface area contributed by atoms with Gasteiger partial charge < -0.3 is 10.0 Å². The van der Waals surface area contributed by atoms with Crippen LogP contribution in [0.1, 0.15) is 46.5 Å². The quantitative estimate of drug-likeness (QED) is 0.721. The first-order valence-corrected chi connectivity index (χ1v) is 5.78. The van der Waals surface area contributed by atoms with E-state index in [1.165, 1.54) is 0 Å². The minimum atomic E-state index is -0.186. The van der Waals surface area contributed by atoms with Crippen LogP contribution in [0.2, 0.25) is 0 Å². The van der Waals surface area contributed by atoms with Gasteiger partial charge in [0.2, 0.25) is 5.91 Å². The summed E-state index contributed by atoms with van der Waals surface area (Å²) in [7, 11) is 1.87. The molecule has 0 radical (unpaired) electrons. The molecule has 0 saturated heterocycles. The molecular formula is C12H23NO2. The van der Waals surface area contributed by atoms with Crippen molar-refractivity contribution in [1.82, 2.24) is 4.90 Å². The highest BCUT2D eigenvalue weighted by Gasteiger charge is 2.31. The van der Waals surface area contributed by atoms with Gasteiger partial charge in [-0.2, -0.15) is 0 Å². The van der Waals surface area contributed by atoms with Crippen LogP contribution in [0.25, 0.3) is 0 Å². The zero-order valence-electron chi connectivity index (χ0n) is 10.3. The second kappa shape index (κ2) is 4.52. The molecule has 1 amide bonds. The van der Waals surface area contributed by atoms with Gasteiger partial charge in [0, 0.05) is 18.5 Å². The van der Waals surface area contributed by atoms with Crippen molar-refractivity contribution < 1.29 is 9.90 Å². The first-order chi connectivity index (χ1) is 6.82. The van der Waals surface area contributed by atoms with Crippen molar-refractivity contribution in [3.63, 3.8) is 0 Å². The predicted octanol–water partition coefficient (Wildman–Crippen LogP) is 1.79. The molecule has 3 nitrogen and oxygen atoms in total. The lowest BCUT2D eigenvalue weighted by molar-refractivity contribution is -0.140. The summed E-state index contributed by atoms with van der Waals surface area (Å²) in [5.74, 6) is 0.354. The van der Waals surface area contributed by atoms with E-state index in [-0.39, 0.29) is 23.5 Å². The topological polar surface area (TPSA) is 40.5 Å². The number of carbonyl (C=O) groups excluding carboxylic acids is 1. The Labute approximate surface area is 92.5 Å². The average molecular weight is 213 g/mol. The molecule has 0 aliphatic heterocycles. The van der Waals surface area contributed by atoms with Gasteiger partial charge in [0.05, 0.1) is 6.10 Å². The Balaban J connectivity index is 2.54. The van der Waals surface area contributed by atoms with Crippen LogP contribution in [0.5, 0.6) is 0 Å². The summed E-state index contributed by atoms with van der Waals surface area (Å²) in [6.07, 6.45) is 3.03. The molecule has 1 aliphatic carbocycles. The summed E-state index contributed by atoms with van der Waals surface area (Å²) in [6, 6.07) is 0. The number of aliphatic hydroxyl groups excluding tert-OH is 1. The maximum absolute atomic E-state index is 12.1. The Bertz CT molecular complexity index is 224. The zero-order valence-corrected chi connectivity index (χ0v) is 10.3. The van der Waals surface area contributed by atoms with E-state index in [4.69, 9.17) is 0 Å². The number of hydrogen-bond acceptors (Lipinski definition) is 2. The van der Waals surface area contributed by atoms with E-state index in [1.807, 2.05) is 32.7 Å². The molecular weight excluding hydrogens is 190 g/mol. The molecule has 0 spiro atoms. The summed E-state index contributed by atoms with van der Waals surface area (Å²) in [6.45, 7) is 6.13. The third kappa shape index (κ3) is 3.20. The van der Waals surface area contributed by atoms with Crippen LogP contribution in [0.4, 0.5) is 0 Å². The molecule has 1 rings (SSSR count). The first kappa shape index (κ1) is 12.5. The first-order valence-electron chi connectivity index (χ1n) is 5.78. The molecule has 15 heavy (non-hydrogen) atoms. The van der Waals surface area contributed by atoms with Crippen LogP contribution in [0, 0.1) is 5.92 Å². The van der Waals surface area contributed by atoms with Crippen LogP contribution in [-0.2, 0) is 4.79 Å². The van der Waals surface area contributed by atoms with Crippen molar-refractivity contribution in [2.24, 2.45) is 5.92 Å². The molecule has 0 aromatic carbocycles. The third-order valence-electron chi connectivity index (χ3n) is 3.38. The van der Waals surface area contributed by atoms with Gasteiger partial charge in [-0.05, 0) is 46.5 Å². The summed E-state index contributed by atoms with van der Waals surface area (Å²) in [5.41, 5.74) is -0.104. The van der Waals surface area contributed by atoms with E-state index in [9.17, 15) is 9.90 Å². The second-order valence-corrected chi connectivity index (χ2v) is 5.57.